The Hall–Kier alpha value is -4.13. The lowest BCUT2D eigenvalue weighted by atomic mass is 10.1. The Bertz CT molecular complexity index is 1260. The van der Waals surface area contributed by atoms with Gasteiger partial charge in [0.2, 0.25) is 5.78 Å². The van der Waals surface area contributed by atoms with Crippen molar-refractivity contribution in [3.63, 3.8) is 0 Å². The summed E-state index contributed by atoms with van der Waals surface area (Å²) in [6.07, 6.45) is 1.47. The van der Waals surface area contributed by atoms with Crippen LogP contribution in [0.1, 0.15) is 31.8 Å². The standard InChI is InChI=1S/C25H19FO6/c1-14-19(32-25(28)16-7-9-20(29-2)21(13-16)30-3)10-8-18-23(27)22(31-24(14)18)12-15-5-4-6-17(26)11-15/h4-13H,1-3H3/b22-12-. The van der Waals surface area contributed by atoms with Gasteiger partial charge >= 0.3 is 5.97 Å². The smallest absolute Gasteiger partial charge is 0.343 e. The van der Waals surface area contributed by atoms with Crippen LogP contribution in [0, 0.1) is 12.7 Å². The molecule has 7 heteroatoms. The summed E-state index contributed by atoms with van der Waals surface area (Å²) in [6, 6.07) is 13.6. The molecule has 0 saturated heterocycles. The molecule has 0 bridgehead atoms. The summed E-state index contributed by atoms with van der Waals surface area (Å²) in [5.74, 6) is 0.161. The third-order valence-corrected chi connectivity index (χ3v) is 5.00. The number of benzene rings is 3. The fraction of sp³-hybridized carbons (Fsp3) is 0.120. The van der Waals surface area contributed by atoms with E-state index in [2.05, 4.69) is 0 Å². The van der Waals surface area contributed by atoms with Crippen molar-refractivity contribution >= 4 is 17.8 Å². The van der Waals surface area contributed by atoms with Gasteiger partial charge in [-0.15, -0.1) is 0 Å². The van der Waals surface area contributed by atoms with Crippen LogP contribution in [0.3, 0.4) is 0 Å². The first kappa shape index (κ1) is 21.1. The lowest BCUT2D eigenvalue weighted by Gasteiger charge is -2.12. The first-order chi connectivity index (χ1) is 15.4. The monoisotopic (exact) mass is 434 g/mol. The number of ketones is 1. The molecule has 0 amide bonds. The summed E-state index contributed by atoms with van der Waals surface area (Å²) in [7, 11) is 2.98. The fourth-order valence-corrected chi connectivity index (χ4v) is 3.35. The van der Waals surface area contributed by atoms with Crippen LogP contribution >= 0.6 is 0 Å². The topological polar surface area (TPSA) is 71.1 Å². The first-order valence-electron chi connectivity index (χ1n) is 9.69. The maximum atomic E-state index is 13.5. The third kappa shape index (κ3) is 3.92. The van der Waals surface area contributed by atoms with E-state index in [1.165, 1.54) is 44.6 Å². The number of allylic oxidation sites excluding steroid dienone is 1. The number of rotatable bonds is 5. The number of carbonyl (C=O) groups is 2. The molecule has 0 radical (unpaired) electrons. The molecule has 32 heavy (non-hydrogen) atoms. The van der Waals surface area contributed by atoms with Crippen molar-refractivity contribution in [1.82, 2.24) is 0 Å². The van der Waals surface area contributed by atoms with Gasteiger partial charge in [-0.25, -0.2) is 9.18 Å². The zero-order chi connectivity index (χ0) is 22.8. The Morgan fingerprint density at radius 2 is 1.72 bits per heavy atom. The van der Waals surface area contributed by atoms with E-state index in [1.54, 1.807) is 37.3 Å². The van der Waals surface area contributed by atoms with Crippen molar-refractivity contribution in [2.75, 3.05) is 14.2 Å². The quantitative estimate of drug-likeness (QED) is 0.320. The highest BCUT2D eigenvalue weighted by atomic mass is 19.1. The van der Waals surface area contributed by atoms with Crippen LogP contribution in [0.15, 0.2) is 60.4 Å². The lowest BCUT2D eigenvalue weighted by molar-refractivity contribution is 0.0732. The second-order valence-corrected chi connectivity index (χ2v) is 7.02. The molecular formula is C25H19FO6. The van der Waals surface area contributed by atoms with Crippen LogP contribution in [-0.2, 0) is 0 Å². The zero-order valence-electron chi connectivity index (χ0n) is 17.6. The highest BCUT2D eigenvalue weighted by molar-refractivity contribution is 6.15. The molecule has 3 aromatic rings. The Labute approximate surface area is 183 Å². The summed E-state index contributed by atoms with van der Waals surface area (Å²) in [4.78, 5) is 25.4. The SMILES string of the molecule is COc1ccc(C(=O)Oc2ccc3c(c2C)O/C(=C\c2cccc(F)c2)C3=O)cc1OC. The molecule has 0 fully saturated rings. The van der Waals surface area contributed by atoms with Crippen molar-refractivity contribution in [3.8, 4) is 23.0 Å². The van der Waals surface area contributed by atoms with Crippen LogP contribution in [-0.4, -0.2) is 26.0 Å². The molecular weight excluding hydrogens is 415 g/mol. The number of hydrogen-bond donors (Lipinski definition) is 0. The van der Waals surface area contributed by atoms with Gasteiger partial charge in [0.25, 0.3) is 0 Å². The maximum absolute atomic E-state index is 13.5. The van der Waals surface area contributed by atoms with Gasteiger partial charge in [0.15, 0.2) is 17.3 Å². The minimum absolute atomic E-state index is 0.0667. The van der Waals surface area contributed by atoms with Gasteiger partial charge in [0.05, 0.1) is 25.3 Å². The Morgan fingerprint density at radius 3 is 2.44 bits per heavy atom. The van der Waals surface area contributed by atoms with Gasteiger partial charge in [-0.3, -0.25) is 4.79 Å². The van der Waals surface area contributed by atoms with Gasteiger partial charge in [0, 0.05) is 5.56 Å². The summed E-state index contributed by atoms with van der Waals surface area (Å²) >= 11 is 0. The van der Waals surface area contributed by atoms with E-state index >= 15 is 0 Å². The molecule has 1 heterocycles. The summed E-state index contributed by atoms with van der Waals surface area (Å²) in [6.45, 7) is 1.69. The minimum atomic E-state index is -0.603. The second kappa shape index (κ2) is 8.55. The average molecular weight is 434 g/mol. The number of esters is 1. The largest absolute Gasteiger partial charge is 0.493 e. The molecule has 0 aliphatic carbocycles. The molecule has 0 atom stereocenters. The molecule has 0 spiro atoms. The molecule has 1 aliphatic heterocycles. The number of fused-ring (bicyclic) bond motifs is 1. The van der Waals surface area contributed by atoms with Gasteiger partial charge in [-0.2, -0.15) is 0 Å². The number of Topliss-reactive ketones (excluding diaryl/α,β-unsaturated/α-hetero) is 1. The zero-order valence-corrected chi connectivity index (χ0v) is 17.6. The number of hydrogen-bond acceptors (Lipinski definition) is 6. The second-order valence-electron chi connectivity index (χ2n) is 7.02. The van der Waals surface area contributed by atoms with Crippen LogP contribution < -0.4 is 18.9 Å². The first-order valence-corrected chi connectivity index (χ1v) is 9.69. The van der Waals surface area contributed by atoms with Gasteiger partial charge < -0.3 is 18.9 Å². The Balaban J connectivity index is 1.60. The number of ether oxygens (including phenoxy) is 4. The van der Waals surface area contributed by atoms with Crippen LogP contribution in [0.4, 0.5) is 4.39 Å². The fourth-order valence-electron chi connectivity index (χ4n) is 3.35. The van der Waals surface area contributed by atoms with E-state index in [0.29, 0.717) is 33.9 Å². The molecule has 6 nitrogen and oxygen atoms in total. The van der Waals surface area contributed by atoms with Crippen LogP contribution in [0.25, 0.3) is 6.08 Å². The molecule has 0 saturated carbocycles. The van der Waals surface area contributed by atoms with E-state index < -0.39 is 11.8 Å². The molecule has 4 rings (SSSR count). The van der Waals surface area contributed by atoms with Crippen molar-refractivity contribution < 1.29 is 32.9 Å². The average Bonchev–Trinajstić information content (AvgIpc) is 3.11. The molecule has 1 aliphatic rings. The van der Waals surface area contributed by atoms with Crippen molar-refractivity contribution in [1.29, 1.82) is 0 Å². The molecule has 0 unspecified atom stereocenters. The lowest BCUT2D eigenvalue weighted by Crippen LogP contribution is -2.10. The van der Waals surface area contributed by atoms with Gasteiger partial charge in [-0.1, -0.05) is 12.1 Å². The Morgan fingerprint density at radius 1 is 0.969 bits per heavy atom. The van der Waals surface area contributed by atoms with Gasteiger partial charge in [-0.05, 0) is 61.0 Å². The Kier molecular flexibility index (Phi) is 5.64. The molecule has 0 aromatic heterocycles. The number of halogens is 1. The molecule has 3 aromatic carbocycles. The molecule has 0 N–H and O–H groups in total. The number of carbonyl (C=O) groups excluding carboxylic acids is 2. The van der Waals surface area contributed by atoms with E-state index in [1.807, 2.05) is 0 Å². The number of methoxy groups -OCH3 is 2. The minimum Gasteiger partial charge on any atom is -0.493 e. The van der Waals surface area contributed by atoms with E-state index in [0.717, 1.165) is 0 Å². The van der Waals surface area contributed by atoms with Gasteiger partial charge in [0.1, 0.15) is 17.3 Å². The van der Waals surface area contributed by atoms with Crippen molar-refractivity contribution in [2.45, 2.75) is 6.92 Å². The predicted octanol–water partition coefficient (Wildman–Crippen LogP) is 4.99. The normalized spacial score (nSPS) is 13.5. The third-order valence-electron chi connectivity index (χ3n) is 5.00. The maximum Gasteiger partial charge on any atom is 0.343 e. The van der Waals surface area contributed by atoms with E-state index in [-0.39, 0.29) is 22.9 Å². The summed E-state index contributed by atoms with van der Waals surface area (Å²) < 4.78 is 35.1. The highest BCUT2D eigenvalue weighted by Gasteiger charge is 2.30. The summed E-state index contributed by atoms with van der Waals surface area (Å²) in [5.41, 5.74) is 1.61. The van der Waals surface area contributed by atoms with E-state index in [9.17, 15) is 14.0 Å². The van der Waals surface area contributed by atoms with Crippen LogP contribution in [0.5, 0.6) is 23.0 Å². The predicted molar refractivity (Wildman–Crippen MR) is 115 cm³/mol. The summed E-state index contributed by atoms with van der Waals surface area (Å²) in [5, 5.41) is 0. The van der Waals surface area contributed by atoms with Crippen molar-refractivity contribution in [2.24, 2.45) is 0 Å². The van der Waals surface area contributed by atoms with Crippen LogP contribution in [0.2, 0.25) is 0 Å². The van der Waals surface area contributed by atoms with E-state index in [4.69, 9.17) is 18.9 Å². The molecule has 162 valence electrons. The van der Waals surface area contributed by atoms with Crippen molar-refractivity contribution in [3.05, 3.63) is 88.4 Å². The highest BCUT2D eigenvalue weighted by Crippen LogP contribution is 2.39.